The Kier molecular flexibility index (Phi) is 5.03. The van der Waals surface area contributed by atoms with Crippen molar-refractivity contribution in [2.75, 3.05) is 18.6 Å². The molecule has 1 aromatic carbocycles. The topological polar surface area (TPSA) is 46.5 Å². The lowest BCUT2D eigenvalue weighted by Gasteiger charge is -2.38. The lowest BCUT2D eigenvalue weighted by Crippen LogP contribution is -2.52. The van der Waals surface area contributed by atoms with Crippen LogP contribution in [0.1, 0.15) is 31.4 Å². The SMILES string of the molecule is C[S@@](=O)C[C@@](O)(CC(C)(C)c1cc(F)cc2c1OCC2)C(F)(F)F. The summed E-state index contributed by atoms with van der Waals surface area (Å²) in [4.78, 5) is 0. The second-order valence-electron chi connectivity index (χ2n) is 6.85. The number of fused-ring (bicyclic) bond motifs is 1. The summed E-state index contributed by atoms with van der Waals surface area (Å²) in [5.74, 6) is -1.11. The van der Waals surface area contributed by atoms with Gasteiger partial charge in [-0.25, -0.2) is 4.39 Å². The van der Waals surface area contributed by atoms with Gasteiger partial charge in [0.1, 0.15) is 11.6 Å². The Balaban J connectivity index is 2.45. The van der Waals surface area contributed by atoms with Crippen molar-refractivity contribution in [3.63, 3.8) is 0 Å². The van der Waals surface area contributed by atoms with Gasteiger partial charge >= 0.3 is 6.18 Å². The molecule has 0 aromatic heterocycles. The molecule has 1 aliphatic rings. The van der Waals surface area contributed by atoms with Crippen molar-refractivity contribution in [1.29, 1.82) is 0 Å². The molecule has 0 spiro atoms. The van der Waals surface area contributed by atoms with Crippen LogP contribution in [-0.2, 0) is 22.6 Å². The standard InChI is InChI=1S/C16H20F4O3S/c1-14(2,8-15(21,9-24(3)22)16(18,19)20)12-7-11(17)6-10-4-5-23-13(10)12/h6-7,21H,4-5,8-9H2,1-3H3/t15-,24+/m0/s1. The average Bonchev–Trinajstić information content (AvgIpc) is 2.82. The van der Waals surface area contributed by atoms with Crippen molar-refractivity contribution in [3.8, 4) is 5.75 Å². The van der Waals surface area contributed by atoms with Crippen LogP contribution in [0, 0.1) is 5.82 Å². The van der Waals surface area contributed by atoms with Gasteiger partial charge in [0.05, 0.1) is 12.4 Å². The van der Waals surface area contributed by atoms with Gasteiger partial charge in [0, 0.05) is 34.6 Å². The molecule has 24 heavy (non-hydrogen) atoms. The van der Waals surface area contributed by atoms with Crippen molar-refractivity contribution in [3.05, 3.63) is 29.1 Å². The van der Waals surface area contributed by atoms with Crippen LogP contribution in [0.15, 0.2) is 12.1 Å². The van der Waals surface area contributed by atoms with Gasteiger partial charge in [0.25, 0.3) is 0 Å². The van der Waals surface area contributed by atoms with Crippen molar-refractivity contribution in [1.82, 2.24) is 0 Å². The maximum Gasteiger partial charge on any atom is 0.418 e. The molecule has 0 unspecified atom stereocenters. The molecule has 0 radical (unpaired) electrons. The van der Waals surface area contributed by atoms with E-state index in [9.17, 15) is 26.9 Å². The van der Waals surface area contributed by atoms with Crippen molar-refractivity contribution in [2.24, 2.45) is 0 Å². The molecule has 1 N–H and O–H groups in total. The normalized spacial score (nSPS) is 18.7. The number of aliphatic hydroxyl groups is 1. The van der Waals surface area contributed by atoms with E-state index in [1.807, 2.05) is 0 Å². The first-order valence-corrected chi connectivity index (χ1v) is 9.13. The minimum Gasteiger partial charge on any atom is -0.493 e. The molecule has 3 nitrogen and oxygen atoms in total. The summed E-state index contributed by atoms with van der Waals surface area (Å²) in [7, 11) is -1.85. The van der Waals surface area contributed by atoms with Gasteiger partial charge in [-0.3, -0.25) is 4.21 Å². The molecule has 136 valence electrons. The Bertz CT molecular complexity index is 657. The van der Waals surface area contributed by atoms with Crippen LogP contribution < -0.4 is 4.74 Å². The maximum atomic E-state index is 13.8. The van der Waals surface area contributed by atoms with E-state index in [-0.39, 0.29) is 5.56 Å². The van der Waals surface area contributed by atoms with Crippen LogP contribution in [0.2, 0.25) is 0 Å². The number of hydrogen-bond donors (Lipinski definition) is 1. The average molecular weight is 368 g/mol. The second-order valence-corrected chi connectivity index (χ2v) is 8.28. The highest BCUT2D eigenvalue weighted by molar-refractivity contribution is 7.84. The Morgan fingerprint density at radius 2 is 1.92 bits per heavy atom. The van der Waals surface area contributed by atoms with E-state index in [2.05, 4.69) is 0 Å². The van der Waals surface area contributed by atoms with Gasteiger partial charge in [0.2, 0.25) is 0 Å². The van der Waals surface area contributed by atoms with Crippen LogP contribution in [-0.4, -0.2) is 39.7 Å². The van der Waals surface area contributed by atoms with Crippen LogP contribution in [0.25, 0.3) is 0 Å². The number of hydrogen-bond acceptors (Lipinski definition) is 3. The highest BCUT2D eigenvalue weighted by Gasteiger charge is 2.56. The van der Waals surface area contributed by atoms with E-state index >= 15 is 0 Å². The first-order chi connectivity index (χ1) is 10.9. The molecular formula is C16H20F4O3S. The zero-order valence-electron chi connectivity index (χ0n) is 13.7. The molecule has 0 saturated carbocycles. The van der Waals surface area contributed by atoms with Gasteiger partial charge in [-0.05, 0) is 24.0 Å². The zero-order chi connectivity index (χ0) is 18.3. The first-order valence-electron chi connectivity index (χ1n) is 7.40. The van der Waals surface area contributed by atoms with Crippen molar-refractivity contribution in [2.45, 2.75) is 43.9 Å². The van der Waals surface area contributed by atoms with E-state index in [4.69, 9.17) is 4.74 Å². The fourth-order valence-electron chi connectivity index (χ4n) is 3.17. The zero-order valence-corrected chi connectivity index (χ0v) is 14.5. The smallest absolute Gasteiger partial charge is 0.418 e. The number of ether oxygens (including phenoxy) is 1. The molecule has 1 heterocycles. The monoisotopic (exact) mass is 368 g/mol. The Morgan fingerprint density at radius 1 is 1.29 bits per heavy atom. The predicted molar refractivity (Wildman–Crippen MR) is 83.2 cm³/mol. The predicted octanol–water partition coefficient (Wildman–Crippen LogP) is 3.10. The molecule has 2 rings (SSSR count). The summed E-state index contributed by atoms with van der Waals surface area (Å²) in [6.45, 7) is 3.31. The van der Waals surface area contributed by atoms with Gasteiger partial charge in [-0.15, -0.1) is 0 Å². The van der Waals surface area contributed by atoms with E-state index in [1.54, 1.807) is 0 Å². The number of rotatable bonds is 5. The third-order valence-corrected chi connectivity index (χ3v) is 5.07. The molecule has 0 fully saturated rings. The van der Waals surface area contributed by atoms with Crippen molar-refractivity contribution >= 4 is 10.8 Å². The molecule has 2 atom stereocenters. The van der Waals surface area contributed by atoms with Crippen LogP contribution in [0.4, 0.5) is 17.6 Å². The number of benzene rings is 1. The van der Waals surface area contributed by atoms with Crippen LogP contribution in [0.3, 0.4) is 0 Å². The van der Waals surface area contributed by atoms with Gasteiger partial charge in [-0.1, -0.05) is 13.8 Å². The van der Waals surface area contributed by atoms with E-state index in [0.29, 0.717) is 24.3 Å². The summed E-state index contributed by atoms with van der Waals surface area (Å²) in [6.07, 6.45) is -4.11. The second kappa shape index (κ2) is 6.29. The maximum absolute atomic E-state index is 13.8. The third kappa shape index (κ3) is 3.74. The summed E-state index contributed by atoms with van der Waals surface area (Å²) in [5, 5.41) is 10.2. The largest absolute Gasteiger partial charge is 0.493 e. The summed E-state index contributed by atoms with van der Waals surface area (Å²) in [5.41, 5.74) is -3.49. The van der Waals surface area contributed by atoms with E-state index in [1.165, 1.54) is 19.9 Å². The van der Waals surface area contributed by atoms with Gasteiger partial charge in [-0.2, -0.15) is 13.2 Å². The minimum atomic E-state index is -4.95. The summed E-state index contributed by atoms with van der Waals surface area (Å²) < 4.78 is 70.8. The third-order valence-electron chi connectivity index (χ3n) is 4.18. The molecule has 0 amide bonds. The fraction of sp³-hybridized carbons (Fsp3) is 0.625. The molecule has 1 aromatic rings. The Morgan fingerprint density at radius 3 is 2.46 bits per heavy atom. The van der Waals surface area contributed by atoms with Gasteiger partial charge < -0.3 is 9.84 Å². The first kappa shape index (κ1) is 19.2. The lowest BCUT2D eigenvalue weighted by atomic mass is 9.74. The number of alkyl halides is 3. The number of halogens is 4. The molecular weight excluding hydrogens is 348 g/mol. The summed E-state index contributed by atoms with van der Waals surface area (Å²) in [6, 6.07) is 2.45. The molecule has 0 saturated heterocycles. The lowest BCUT2D eigenvalue weighted by molar-refractivity contribution is -0.257. The van der Waals surface area contributed by atoms with E-state index < -0.39 is 46.0 Å². The van der Waals surface area contributed by atoms with E-state index in [0.717, 1.165) is 12.3 Å². The van der Waals surface area contributed by atoms with Crippen LogP contribution in [0.5, 0.6) is 5.75 Å². The Labute approximate surface area is 140 Å². The molecule has 0 aliphatic carbocycles. The minimum absolute atomic E-state index is 0.277. The highest BCUT2D eigenvalue weighted by Crippen LogP contribution is 2.45. The molecule has 8 heteroatoms. The quantitative estimate of drug-likeness (QED) is 0.813. The highest BCUT2D eigenvalue weighted by atomic mass is 32.2. The van der Waals surface area contributed by atoms with Crippen molar-refractivity contribution < 1.29 is 31.6 Å². The van der Waals surface area contributed by atoms with Gasteiger partial charge in [0.15, 0.2) is 5.60 Å². The molecule has 1 aliphatic heterocycles. The summed E-state index contributed by atoms with van der Waals surface area (Å²) >= 11 is 0. The Hall–Kier alpha value is -1.15. The fourth-order valence-corrected chi connectivity index (χ4v) is 4.11. The molecule has 0 bridgehead atoms. The van der Waals surface area contributed by atoms with Crippen LogP contribution >= 0.6 is 0 Å².